The third kappa shape index (κ3) is 7.11. The zero-order valence-electron chi connectivity index (χ0n) is 21.7. The Bertz CT molecular complexity index is 1270. The maximum Gasteiger partial charge on any atom is 0.252 e. The lowest BCUT2D eigenvalue weighted by Gasteiger charge is -2.31. The third-order valence-corrected chi connectivity index (χ3v) is 6.96. The van der Waals surface area contributed by atoms with E-state index < -0.39 is 11.6 Å². The molecule has 206 valence electrons. The molecule has 0 saturated carbocycles. The van der Waals surface area contributed by atoms with Crippen LogP contribution in [0.4, 0.5) is 0 Å². The van der Waals surface area contributed by atoms with Crippen molar-refractivity contribution in [2.24, 2.45) is 4.99 Å². The summed E-state index contributed by atoms with van der Waals surface area (Å²) in [5, 5.41) is 12.9. The number of rotatable bonds is 13. The number of amides is 1. The largest absolute Gasteiger partial charge is 0.494 e. The molecule has 3 aromatic carbocycles. The van der Waals surface area contributed by atoms with Crippen molar-refractivity contribution in [2.75, 3.05) is 33.5 Å². The average Bonchev–Trinajstić information content (AvgIpc) is 3.32. The fourth-order valence-electron chi connectivity index (χ4n) is 4.45. The number of halogens is 2. The Hall–Kier alpha value is -3.10. The van der Waals surface area contributed by atoms with Crippen LogP contribution in [0.2, 0.25) is 10.0 Å². The first-order valence-electron chi connectivity index (χ1n) is 12.8. The summed E-state index contributed by atoms with van der Waals surface area (Å²) in [5.41, 5.74) is 0.909. The molecule has 7 nitrogen and oxygen atoms in total. The van der Waals surface area contributed by atoms with E-state index in [1.165, 1.54) is 0 Å². The average molecular weight is 572 g/mol. The molecule has 0 aliphatic carbocycles. The maximum atomic E-state index is 14.0. The number of nitrogens with zero attached hydrogens (tertiary/aromatic N) is 1. The van der Waals surface area contributed by atoms with Gasteiger partial charge < -0.3 is 24.6 Å². The smallest absolute Gasteiger partial charge is 0.252 e. The topological polar surface area (TPSA) is 89.4 Å². The Labute approximate surface area is 238 Å². The fraction of sp³-hybridized carbons (Fsp3) is 0.333. The molecule has 1 heterocycles. The molecule has 9 heteroatoms. The minimum absolute atomic E-state index is 0.0639. The summed E-state index contributed by atoms with van der Waals surface area (Å²) in [7, 11) is 1.63. The summed E-state index contributed by atoms with van der Waals surface area (Å²) in [5.74, 6) is 0.725. The van der Waals surface area contributed by atoms with Gasteiger partial charge in [0, 0.05) is 60.9 Å². The van der Waals surface area contributed by atoms with E-state index in [9.17, 15) is 4.79 Å². The molecule has 4 rings (SSSR count). The molecule has 0 radical (unpaired) electrons. The first-order chi connectivity index (χ1) is 19.0. The number of benzene rings is 3. The number of aliphatic hydroxyl groups is 1. The number of aliphatic hydroxyl groups excluding tert-OH is 1. The quantitative estimate of drug-likeness (QED) is 0.268. The van der Waals surface area contributed by atoms with E-state index in [-0.39, 0.29) is 12.5 Å². The van der Waals surface area contributed by atoms with Crippen molar-refractivity contribution in [1.29, 1.82) is 0 Å². The second-order valence-corrected chi connectivity index (χ2v) is 10.1. The molecule has 1 aliphatic heterocycles. The van der Waals surface area contributed by atoms with Gasteiger partial charge in [-0.3, -0.25) is 4.79 Å². The van der Waals surface area contributed by atoms with Gasteiger partial charge >= 0.3 is 0 Å². The van der Waals surface area contributed by atoms with Crippen LogP contribution in [0.1, 0.15) is 35.6 Å². The normalized spacial score (nSPS) is 18.4. The van der Waals surface area contributed by atoms with Gasteiger partial charge in [0.25, 0.3) is 5.91 Å². The molecule has 0 spiro atoms. The number of aliphatic imine (C=N–C) groups is 1. The number of nitrogens with one attached hydrogen (secondary N) is 1. The van der Waals surface area contributed by atoms with Gasteiger partial charge in [-0.15, -0.1) is 0 Å². The number of carbonyl (C=O) groups is 1. The summed E-state index contributed by atoms with van der Waals surface area (Å²) in [4.78, 5) is 19.0. The molecule has 0 saturated heterocycles. The predicted molar refractivity (Wildman–Crippen MR) is 153 cm³/mol. The van der Waals surface area contributed by atoms with Crippen LogP contribution in [0.3, 0.4) is 0 Å². The van der Waals surface area contributed by atoms with Crippen LogP contribution in [-0.2, 0) is 20.7 Å². The lowest BCUT2D eigenvalue weighted by molar-refractivity contribution is -0.129. The van der Waals surface area contributed by atoms with Gasteiger partial charge in [-0.25, -0.2) is 4.99 Å². The molecule has 3 aromatic rings. The van der Waals surface area contributed by atoms with Crippen molar-refractivity contribution in [2.45, 2.75) is 30.9 Å². The van der Waals surface area contributed by atoms with E-state index in [2.05, 4.69) is 5.32 Å². The Morgan fingerprint density at radius 2 is 1.82 bits per heavy atom. The molecule has 1 aliphatic rings. The summed E-state index contributed by atoms with van der Waals surface area (Å²) in [6, 6.07) is 22.2. The van der Waals surface area contributed by atoms with E-state index in [4.69, 9.17) is 47.5 Å². The lowest BCUT2D eigenvalue weighted by atomic mass is 9.82. The lowest BCUT2D eigenvalue weighted by Crippen LogP contribution is -2.50. The van der Waals surface area contributed by atoms with Crippen LogP contribution in [0.25, 0.3) is 0 Å². The van der Waals surface area contributed by atoms with Crippen LogP contribution in [0, 0.1) is 0 Å². The van der Waals surface area contributed by atoms with Crippen LogP contribution >= 0.6 is 23.2 Å². The van der Waals surface area contributed by atoms with E-state index in [1.54, 1.807) is 25.3 Å². The Balaban J connectivity index is 1.76. The molecule has 0 unspecified atom stereocenters. The number of methoxy groups -OCH3 is 1. The second kappa shape index (κ2) is 13.8. The van der Waals surface area contributed by atoms with Gasteiger partial charge in [0.05, 0.1) is 6.61 Å². The van der Waals surface area contributed by atoms with Gasteiger partial charge in [-0.2, -0.15) is 0 Å². The summed E-state index contributed by atoms with van der Waals surface area (Å²) < 4.78 is 17.3. The van der Waals surface area contributed by atoms with Crippen LogP contribution < -0.4 is 10.1 Å². The highest BCUT2D eigenvalue weighted by molar-refractivity contribution is 6.35. The van der Waals surface area contributed by atoms with E-state index in [1.807, 2.05) is 54.6 Å². The Kier molecular flexibility index (Phi) is 10.2. The first kappa shape index (κ1) is 28.9. The van der Waals surface area contributed by atoms with Crippen molar-refractivity contribution in [1.82, 2.24) is 5.32 Å². The number of ether oxygens (including phenoxy) is 3. The minimum atomic E-state index is -1.34. The van der Waals surface area contributed by atoms with E-state index >= 15 is 0 Å². The van der Waals surface area contributed by atoms with Crippen molar-refractivity contribution in [3.05, 3.63) is 99.5 Å². The Morgan fingerprint density at radius 3 is 2.51 bits per heavy atom. The number of hydrogen-bond donors (Lipinski definition) is 2. The minimum Gasteiger partial charge on any atom is -0.494 e. The zero-order valence-corrected chi connectivity index (χ0v) is 23.3. The highest BCUT2D eigenvalue weighted by Gasteiger charge is 2.53. The van der Waals surface area contributed by atoms with Crippen molar-refractivity contribution in [3.8, 4) is 5.75 Å². The molecule has 2 atom stereocenters. The van der Waals surface area contributed by atoms with E-state index in [0.29, 0.717) is 71.8 Å². The molecule has 39 heavy (non-hydrogen) atoms. The maximum absolute atomic E-state index is 14.0. The molecular formula is C30H32Cl2N2O5. The summed E-state index contributed by atoms with van der Waals surface area (Å²) in [6.07, 6.45) is 0.688. The summed E-state index contributed by atoms with van der Waals surface area (Å²) >= 11 is 12.9. The van der Waals surface area contributed by atoms with Crippen LogP contribution in [0.15, 0.2) is 77.8 Å². The van der Waals surface area contributed by atoms with Crippen molar-refractivity contribution in [3.63, 3.8) is 0 Å². The summed E-state index contributed by atoms with van der Waals surface area (Å²) in [6.45, 7) is 1.42. The van der Waals surface area contributed by atoms with Gasteiger partial charge in [-0.05, 0) is 48.4 Å². The van der Waals surface area contributed by atoms with Crippen molar-refractivity contribution >= 4 is 35.0 Å². The number of hydrogen-bond acceptors (Lipinski definition) is 6. The van der Waals surface area contributed by atoms with Gasteiger partial charge in [0.2, 0.25) is 5.90 Å². The second-order valence-electron chi connectivity index (χ2n) is 9.22. The van der Waals surface area contributed by atoms with Crippen molar-refractivity contribution < 1.29 is 24.1 Å². The van der Waals surface area contributed by atoms with Crippen LogP contribution in [0.5, 0.6) is 5.75 Å². The number of carbonyl (C=O) groups excluding carboxylic acids is 1. The molecule has 0 fully saturated rings. The van der Waals surface area contributed by atoms with Gasteiger partial charge in [-0.1, -0.05) is 59.6 Å². The molecule has 0 bridgehead atoms. The predicted octanol–water partition coefficient (Wildman–Crippen LogP) is 5.41. The highest BCUT2D eigenvalue weighted by atomic mass is 35.5. The Morgan fingerprint density at radius 1 is 1.05 bits per heavy atom. The molecular weight excluding hydrogens is 539 g/mol. The van der Waals surface area contributed by atoms with Gasteiger partial charge in [0.1, 0.15) is 5.75 Å². The van der Waals surface area contributed by atoms with Gasteiger partial charge in [0.15, 0.2) is 11.6 Å². The zero-order chi connectivity index (χ0) is 27.7. The highest BCUT2D eigenvalue weighted by Crippen LogP contribution is 2.45. The standard InChI is InChI=1S/C30H32Cl2N2O5/c1-37-17-5-15-33-29(36)30(20-21-7-3-2-4-8-21)27(25-14-11-23(31)19-26(25)32)39-28(34-30)22-9-12-24(13-10-22)38-18-6-16-35/h2-4,7-14,19,27,35H,5-6,15-18,20H2,1H3,(H,33,36)/t27-,30-/m1/s1. The third-order valence-electron chi connectivity index (χ3n) is 6.40. The van der Waals surface area contributed by atoms with E-state index in [0.717, 1.165) is 5.56 Å². The molecule has 2 N–H and O–H groups in total. The molecule has 0 aromatic heterocycles. The first-order valence-corrected chi connectivity index (χ1v) is 13.6. The molecule has 1 amide bonds. The SMILES string of the molecule is COCCCNC(=O)[C@]1(Cc2ccccc2)N=C(c2ccc(OCCCO)cc2)O[C@@H]1c1ccc(Cl)cc1Cl. The monoisotopic (exact) mass is 570 g/mol. The van der Waals surface area contributed by atoms with Crippen LogP contribution in [-0.4, -0.2) is 55.9 Å². The fourth-order valence-corrected chi connectivity index (χ4v) is 4.96.